The predicted octanol–water partition coefficient (Wildman–Crippen LogP) is 3.25. The molecule has 130 valence electrons. The number of aromatic nitrogens is 4. The monoisotopic (exact) mass is 347 g/mol. The van der Waals surface area contributed by atoms with Gasteiger partial charge in [0.1, 0.15) is 6.23 Å². The molecule has 25 heavy (non-hydrogen) atoms. The van der Waals surface area contributed by atoms with E-state index in [1.54, 1.807) is 10.9 Å². The third-order valence-corrected chi connectivity index (χ3v) is 4.08. The van der Waals surface area contributed by atoms with Gasteiger partial charge in [0, 0.05) is 6.61 Å². The van der Waals surface area contributed by atoms with Gasteiger partial charge in [0.05, 0.1) is 12.0 Å². The molecule has 1 aliphatic heterocycles. The third-order valence-electron chi connectivity index (χ3n) is 4.08. The van der Waals surface area contributed by atoms with Crippen LogP contribution in [0.5, 0.6) is 6.01 Å². The van der Waals surface area contributed by atoms with E-state index in [0.29, 0.717) is 17.8 Å². The van der Waals surface area contributed by atoms with E-state index in [-0.39, 0.29) is 17.7 Å². The summed E-state index contributed by atoms with van der Waals surface area (Å²) in [6.45, 7) is 0.640. The molecule has 9 heteroatoms. The van der Waals surface area contributed by atoms with Crippen molar-refractivity contribution in [3.63, 3.8) is 0 Å². The lowest BCUT2D eigenvalue weighted by atomic mass is 10.2. The molecule has 1 aromatic carbocycles. The minimum atomic E-state index is -1.04. The zero-order valence-electron chi connectivity index (χ0n) is 13.1. The molecular weight excluding hydrogens is 332 g/mol. The summed E-state index contributed by atoms with van der Waals surface area (Å²) in [5.41, 5.74) is 0.581. The Kier molecular flexibility index (Phi) is 3.92. The van der Waals surface area contributed by atoms with E-state index in [4.69, 9.17) is 4.74 Å². The summed E-state index contributed by atoms with van der Waals surface area (Å²) in [5, 5.41) is 12.5. The van der Waals surface area contributed by atoms with Gasteiger partial charge < -0.3 is 15.2 Å². The van der Waals surface area contributed by atoms with Crippen LogP contribution in [0.3, 0.4) is 0 Å². The molecule has 0 saturated carbocycles. The number of rotatable bonds is 3. The highest BCUT2D eigenvalue weighted by atomic mass is 19.2. The zero-order chi connectivity index (χ0) is 17.4. The van der Waals surface area contributed by atoms with Gasteiger partial charge in [-0.25, -0.2) is 13.8 Å². The van der Waals surface area contributed by atoms with Gasteiger partial charge in [-0.15, -0.1) is 0 Å². The summed E-state index contributed by atoms with van der Waals surface area (Å²) in [5.74, 6) is -1.94. The number of aromatic hydroxyl groups is 1. The van der Waals surface area contributed by atoms with Crippen LogP contribution in [0.25, 0.3) is 11.2 Å². The molecule has 1 saturated heterocycles. The largest absolute Gasteiger partial charge is 0.479 e. The highest BCUT2D eigenvalue weighted by molar-refractivity contribution is 5.85. The number of ether oxygens (including phenoxy) is 1. The lowest BCUT2D eigenvalue weighted by Crippen LogP contribution is -2.17. The maximum Gasteiger partial charge on any atom is 0.318 e. The Morgan fingerprint density at radius 2 is 2.12 bits per heavy atom. The van der Waals surface area contributed by atoms with Crippen LogP contribution in [0, 0.1) is 11.6 Å². The highest BCUT2D eigenvalue weighted by Gasteiger charge is 2.22. The van der Waals surface area contributed by atoms with Crippen molar-refractivity contribution in [3.8, 4) is 6.01 Å². The number of benzene rings is 1. The number of fused-ring (bicyclic) bond motifs is 1. The molecule has 0 amide bonds. The maximum absolute atomic E-state index is 13.9. The number of nitrogens with one attached hydrogen (secondary N) is 1. The Bertz CT molecular complexity index is 924. The van der Waals surface area contributed by atoms with Gasteiger partial charge in [0.15, 0.2) is 28.6 Å². The molecule has 4 rings (SSSR count). The topological polar surface area (TPSA) is 85.1 Å². The zero-order valence-corrected chi connectivity index (χ0v) is 13.1. The lowest BCUT2D eigenvalue weighted by Gasteiger charge is -2.23. The van der Waals surface area contributed by atoms with Crippen LogP contribution in [-0.4, -0.2) is 31.2 Å². The smallest absolute Gasteiger partial charge is 0.318 e. The Labute approximate surface area is 141 Å². The normalized spacial score (nSPS) is 17.8. The molecule has 1 fully saturated rings. The number of nitrogens with zero attached hydrogens (tertiary/aromatic N) is 4. The minimum Gasteiger partial charge on any atom is -0.479 e. The van der Waals surface area contributed by atoms with Crippen LogP contribution < -0.4 is 5.32 Å². The molecule has 2 N–H and O–H groups in total. The molecule has 2 aromatic heterocycles. The molecule has 0 radical (unpaired) electrons. The van der Waals surface area contributed by atoms with E-state index < -0.39 is 17.6 Å². The van der Waals surface area contributed by atoms with Crippen LogP contribution in [0.4, 0.5) is 20.3 Å². The van der Waals surface area contributed by atoms with Gasteiger partial charge in [-0.2, -0.15) is 9.97 Å². The summed E-state index contributed by atoms with van der Waals surface area (Å²) < 4.78 is 34.7. The van der Waals surface area contributed by atoms with Crippen molar-refractivity contribution in [2.24, 2.45) is 0 Å². The summed E-state index contributed by atoms with van der Waals surface area (Å²) in [6, 6.07) is 3.25. The van der Waals surface area contributed by atoms with Gasteiger partial charge in [0.25, 0.3) is 0 Å². The van der Waals surface area contributed by atoms with Gasteiger partial charge in [-0.1, -0.05) is 6.07 Å². The van der Waals surface area contributed by atoms with E-state index in [0.717, 1.165) is 25.3 Å². The van der Waals surface area contributed by atoms with Gasteiger partial charge in [0.2, 0.25) is 0 Å². The summed E-state index contributed by atoms with van der Waals surface area (Å²) in [4.78, 5) is 12.1. The second kappa shape index (κ2) is 6.25. The van der Waals surface area contributed by atoms with E-state index in [1.165, 1.54) is 12.1 Å². The molecule has 1 aliphatic rings. The molecule has 3 heterocycles. The van der Waals surface area contributed by atoms with Crippen molar-refractivity contribution in [2.45, 2.75) is 25.5 Å². The van der Waals surface area contributed by atoms with Gasteiger partial charge in [-0.05, 0) is 31.4 Å². The highest BCUT2D eigenvalue weighted by Crippen LogP contribution is 2.30. The number of halogens is 2. The van der Waals surface area contributed by atoms with Crippen LogP contribution >= 0.6 is 0 Å². The van der Waals surface area contributed by atoms with Crippen LogP contribution in [-0.2, 0) is 4.74 Å². The Balaban J connectivity index is 1.77. The van der Waals surface area contributed by atoms with E-state index in [2.05, 4.69) is 20.3 Å². The van der Waals surface area contributed by atoms with Crippen molar-refractivity contribution in [2.75, 3.05) is 11.9 Å². The average molecular weight is 347 g/mol. The first-order valence-corrected chi connectivity index (χ1v) is 7.89. The molecular formula is C16H15F2N5O2. The van der Waals surface area contributed by atoms with Crippen LogP contribution in [0.2, 0.25) is 0 Å². The fourth-order valence-electron chi connectivity index (χ4n) is 2.87. The molecule has 1 unspecified atom stereocenters. The van der Waals surface area contributed by atoms with Crippen LogP contribution in [0.1, 0.15) is 25.5 Å². The van der Waals surface area contributed by atoms with Crippen molar-refractivity contribution < 1.29 is 18.6 Å². The van der Waals surface area contributed by atoms with Crippen molar-refractivity contribution in [3.05, 3.63) is 36.2 Å². The number of anilines is 2. The minimum absolute atomic E-state index is 0.0848. The number of hydrogen-bond acceptors (Lipinski definition) is 6. The standard InChI is InChI=1S/C16H15F2N5O2/c17-9-4-3-5-10(12(9)18)20-14-13-15(22-16(24)21-14)23(8-19-13)11-6-1-2-7-25-11/h3-5,8,11H,1-2,6-7H2,(H2,20,21,22,24). The molecule has 1 atom stereocenters. The average Bonchev–Trinajstić information content (AvgIpc) is 3.03. The predicted molar refractivity (Wildman–Crippen MR) is 85.5 cm³/mol. The Morgan fingerprint density at radius 3 is 2.92 bits per heavy atom. The summed E-state index contributed by atoms with van der Waals surface area (Å²) in [7, 11) is 0. The Hall–Kier alpha value is -2.81. The second-order valence-electron chi connectivity index (χ2n) is 5.74. The van der Waals surface area contributed by atoms with E-state index in [1.807, 2.05) is 0 Å². The van der Waals surface area contributed by atoms with E-state index >= 15 is 0 Å². The quantitative estimate of drug-likeness (QED) is 0.756. The fourth-order valence-corrected chi connectivity index (χ4v) is 2.87. The second-order valence-corrected chi connectivity index (χ2v) is 5.74. The lowest BCUT2D eigenvalue weighted by molar-refractivity contribution is -0.0298. The fraction of sp³-hybridized carbons (Fsp3) is 0.312. The first-order valence-electron chi connectivity index (χ1n) is 7.89. The van der Waals surface area contributed by atoms with Crippen molar-refractivity contribution >= 4 is 22.7 Å². The first kappa shape index (κ1) is 15.7. The first-order chi connectivity index (χ1) is 12.1. The summed E-state index contributed by atoms with van der Waals surface area (Å²) in [6.07, 6.45) is 4.13. The maximum atomic E-state index is 13.9. The van der Waals surface area contributed by atoms with Crippen molar-refractivity contribution in [1.29, 1.82) is 0 Å². The molecule has 0 spiro atoms. The number of imidazole rings is 1. The number of hydrogen-bond donors (Lipinski definition) is 2. The SMILES string of the molecule is Oc1nc(Nc2cccc(F)c2F)c2ncn(C3CCCCO3)c2n1. The molecule has 7 nitrogen and oxygen atoms in total. The molecule has 3 aromatic rings. The van der Waals surface area contributed by atoms with E-state index in [9.17, 15) is 13.9 Å². The van der Waals surface area contributed by atoms with Gasteiger partial charge in [-0.3, -0.25) is 4.57 Å². The summed E-state index contributed by atoms with van der Waals surface area (Å²) >= 11 is 0. The molecule has 0 aliphatic carbocycles. The Morgan fingerprint density at radius 1 is 1.24 bits per heavy atom. The van der Waals surface area contributed by atoms with Crippen molar-refractivity contribution in [1.82, 2.24) is 19.5 Å². The third kappa shape index (κ3) is 2.86. The van der Waals surface area contributed by atoms with Crippen LogP contribution in [0.15, 0.2) is 24.5 Å². The van der Waals surface area contributed by atoms with Gasteiger partial charge >= 0.3 is 6.01 Å². The molecule has 0 bridgehead atoms.